The number of nitrogens with zero attached hydrogens (tertiary/aromatic N) is 4. The highest BCUT2D eigenvalue weighted by atomic mass is 16.3. The van der Waals surface area contributed by atoms with E-state index in [9.17, 15) is 9.90 Å². The molecule has 1 aliphatic heterocycles. The molecule has 0 bridgehead atoms. The quantitative estimate of drug-likeness (QED) is 0.936. The summed E-state index contributed by atoms with van der Waals surface area (Å²) in [5.41, 5.74) is 2.55. The molecule has 23 heavy (non-hydrogen) atoms. The average molecular weight is 314 g/mol. The Kier molecular flexibility index (Phi) is 4.43. The van der Waals surface area contributed by atoms with Crippen molar-refractivity contribution in [2.75, 3.05) is 19.7 Å². The molecule has 0 unspecified atom stereocenters. The van der Waals surface area contributed by atoms with E-state index in [1.165, 1.54) is 0 Å². The number of carbonyl (C=O) groups is 1. The molecule has 122 valence electrons. The summed E-state index contributed by atoms with van der Waals surface area (Å²) in [5.74, 6) is 1.05. The number of carbonyl (C=O) groups excluding carboxylic acids is 1. The largest absolute Gasteiger partial charge is 0.396 e. The first-order valence-electron chi connectivity index (χ1n) is 7.98. The topological polar surface area (TPSA) is 71.2 Å². The fourth-order valence-corrected chi connectivity index (χ4v) is 3.00. The molecule has 1 amide bonds. The smallest absolute Gasteiger partial charge is 0.255 e. The van der Waals surface area contributed by atoms with E-state index >= 15 is 0 Å². The molecule has 0 spiro atoms. The van der Waals surface area contributed by atoms with Gasteiger partial charge in [-0.2, -0.15) is 5.10 Å². The Morgan fingerprint density at radius 2 is 2.04 bits per heavy atom. The number of aliphatic hydroxyl groups excluding tert-OH is 1. The first-order chi connectivity index (χ1) is 11.1. The van der Waals surface area contributed by atoms with Crippen molar-refractivity contribution in [1.29, 1.82) is 0 Å². The number of aromatic nitrogens is 3. The summed E-state index contributed by atoms with van der Waals surface area (Å²) in [5, 5.41) is 13.6. The van der Waals surface area contributed by atoms with Gasteiger partial charge >= 0.3 is 0 Å². The van der Waals surface area contributed by atoms with Crippen LogP contribution in [-0.4, -0.2) is 50.4 Å². The summed E-state index contributed by atoms with van der Waals surface area (Å²) in [4.78, 5) is 18.7. The fourth-order valence-electron chi connectivity index (χ4n) is 3.00. The van der Waals surface area contributed by atoms with Crippen LogP contribution in [0.25, 0.3) is 5.82 Å². The van der Waals surface area contributed by atoms with E-state index in [1.807, 2.05) is 30.9 Å². The van der Waals surface area contributed by atoms with Gasteiger partial charge in [-0.05, 0) is 50.8 Å². The second-order valence-electron chi connectivity index (χ2n) is 6.16. The lowest BCUT2D eigenvalue weighted by atomic mass is 9.97. The molecule has 1 N–H and O–H groups in total. The number of rotatable bonds is 3. The van der Waals surface area contributed by atoms with E-state index in [0.29, 0.717) is 30.4 Å². The Bertz CT molecular complexity index is 685. The van der Waals surface area contributed by atoms with Crippen molar-refractivity contribution in [3.05, 3.63) is 41.3 Å². The molecule has 6 nitrogen and oxygen atoms in total. The van der Waals surface area contributed by atoms with Gasteiger partial charge in [-0.1, -0.05) is 0 Å². The fraction of sp³-hybridized carbons (Fsp3) is 0.471. The van der Waals surface area contributed by atoms with Crippen LogP contribution in [0.15, 0.2) is 24.4 Å². The zero-order chi connectivity index (χ0) is 16.4. The third-order valence-corrected chi connectivity index (χ3v) is 4.38. The lowest BCUT2D eigenvalue weighted by molar-refractivity contribution is 0.0650. The van der Waals surface area contributed by atoms with Gasteiger partial charge in [0.2, 0.25) is 0 Å². The van der Waals surface area contributed by atoms with Gasteiger partial charge in [0.15, 0.2) is 5.82 Å². The zero-order valence-corrected chi connectivity index (χ0v) is 13.6. The lowest BCUT2D eigenvalue weighted by Crippen LogP contribution is -2.39. The van der Waals surface area contributed by atoms with Crippen LogP contribution >= 0.6 is 0 Å². The number of aryl methyl sites for hydroxylation is 2. The summed E-state index contributed by atoms with van der Waals surface area (Å²) < 4.78 is 1.77. The molecule has 2 aromatic rings. The van der Waals surface area contributed by atoms with Crippen molar-refractivity contribution in [1.82, 2.24) is 19.7 Å². The highest BCUT2D eigenvalue weighted by Crippen LogP contribution is 2.19. The van der Waals surface area contributed by atoms with E-state index in [0.717, 1.165) is 24.2 Å². The van der Waals surface area contributed by atoms with Gasteiger partial charge in [-0.25, -0.2) is 9.67 Å². The number of hydrogen-bond acceptors (Lipinski definition) is 4. The summed E-state index contributed by atoms with van der Waals surface area (Å²) in [7, 11) is 0. The van der Waals surface area contributed by atoms with E-state index in [1.54, 1.807) is 16.9 Å². The molecule has 2 aromatic heterocycles. The van der Waals surface area contributed by atoms with Gasteiger partial charge in [0, 0.05) is 31.6 Å². The monoisotopic (exact) mass is 314 g/mol. The number of pyridine rings is 1. The molecule has 0 atom stereocenters. The van der Waals surface area contributed by atoms with Crippen molar-refractivity contribution in [3.8, 4) is 5.82 Å². The van der Waals surface area contributed by atoms with Crippen molar-refractivity contribution in [2.45, 2.75) is 26.7 Å². The molecular formula is C17H22N4O2. The SMILES string of the molecule is Cc1cc(C)n(-c2ccc(C(=O)N3CCC(CO)CC3)cn2)n1. The molecule has 3 rings (SSSR count). The number of hydrogen-bond donors (Lipinski definition) is 1. The maximum Gasteiger partial charge on any atom is 0.255 e. The Hall–Kier alpha value is -2.21. The van der Waals surface area contributed by atoms with Gasteiger partial charge in [-0.3, -0.25) is 4.79 Å². The van der Waals surface area contributed by atoms with Crippen LogP contribution in [0.1, 0.15) is 34.6 Å². The first-order valence-corrected chi connectivity index (χ1v) is 7.98. The minimum Gasteiger partial charge on any atom is -0.396 e. The molecular weight excluding hydrogens is 292 g/mol. The molecule has 0 aromatic carbocycles. The van der Waals surface area contributed by atoms with Crippen molar-refractivity contribution >= 4 is 5.91 Å². The van der Waals surface area contributed by atoms with Crippen LogP contribution in [0, 0.1) is 19.8 Å². The minimum atomic E-state index is 0.00816. The molecule has 6 heteroatoms. The van der Waals surface area contributed by atoms with Crippen LogP contribution in [0.2, 0.25) is 0 Å². The summed E-state index contributed by atoms with van der Waals surface area (Å²) in [6.07, 6.45) is 3.34. The van der Waals surface area contributed by atoms with E-state index in [2.05, 4.69) is 10.1 Å². The molecule has 1 saturated heterocycles. The van der Waals surface area contributed by atoms with E-state index < -0.39 is 0 Å². The average Bonchev–Trinajstić information content (AvgIpc) is 2.93. The molecule has 1 aliphatic rings. The maximum atomic E-state index is 12.5. The summed E-state index contributed by atoms with van der Waals surface area (Å²) in [6.45, 7) is 5.52. The minimum absolute atomic E-state index is 0.00816. The van der Waals surface area contributed by atoms with Crippen molar-refractivity contribution < 1.29 is 9.90 Å². The Morgan fingerprint density at radius 3 is 2.57 bits per heavy atom. The van der Waals surface area contributed by atoms with Gasteiger partial charge in [0.25, 0.3) is 5.91 Å². The first kappa shape index (κ1) is 15.7. The number of aliphatic hydroxyl groups is 1. The standard InChI is InChI=1S/C17H22N4O2/c1-12-9-13(2)21(19-12)16-4-3-15(10-18-16)17(23)20-7-5-14(11-22)6-8-20/h3-4,9-10,14,22H,5-8,11H2,1-2H3. The van der Waals surface area contributed by atoms with Crippen molar-refractivity contribution in [2.24, 2.45) is 5.92 Å². The lowest BCUT2D eigenvalue weighted by Gasteiger charge is -2.31. The maximum absolute atomic E-state index is 12.5. The molecule has 0 aliphatic carbocycles. The number of likely N-dealkylation sites (tertiary alicyclic amines) is 1. The predicted molar refractivity (Wildman–Crippen MR) is 86.5 cm³/mol. The van der Waals surface area contributed by atoms with E-state index in [-0.39, 0.29) is 12.5 Å². The number of piperidine rings is 1. The van der Waals surface area contributed by atoms with Crippen LogP contribution in [0.3, 0.4) is 0 Å². The van der Waals surface area contributed by atoms with Gasteiger partial charge in [0.1, 0.15) is 0 Å². The Balaban J connectivity index is 1.72. The highest BCUT2D eigenvalue weighted by molar-refractivity contribution is 5.94. The zero-order valence-electron chi connectivity index (χ0n) is 13.6. The Labute approximate surface area is 135 Å². The molecule has 0 saturated carbocycles. The van der Waals surface area contributed by atoms with Gasteiger partial charge in [0.05, 0.1) is 11.3 Å². The van der Waals surface area contributed by atoms with Gasteiger partial charge in [-0.15, -0.1) is 0 Å². The van der Waals surface area contributed by atoms with Crippen LogP contribution < -0.4 is 0 Å². The number of amides is 1. The van der Waals surface area contributed by atoms with E-state index in [4.69, 9.17) is 0 Å². The van der Waals surface area contributed by atoms with Crippen molar-refractivity contribution in [3.63, 3.8) is 0 Å². The Morgan fingerprint density at radius 1 is 1.30 bits per heavy atom. The van der Waals surface area contributed by atoms with Crippen LogP contribution in [0.4, 0.5) is 0 Å². The summed E-state index contributed by atoms with van der Waals surface area (Å²) in [6, 6.07) is 5.62. The van der Waals surface area contributed by atoms with Crippen LogP contribution in [0.5, 0.6) is 0 Å². The third-order valence-electron chi connectivity index (χ3n) is 4.38. The normalized spacial score (nSPS) is 15.9. The van der Waals surface area contributed by atoms with Gasteiger partial charge < -0.3 is 10.0 Å². The molecule has 0 radical (unpaired) electrons. The molecule has 3 heterocycles. The summed E-state index contributed by atoms with van der Waals surface area (Å²) >= 11 is 0. The second kappa shape index (κ2) is 6.50. The molecule has 1 fully saturated rings. The highest BCUT2D eigenvalue weighted by Gasteiger charge is 2.23. The second-order valence-corrected chi connectivity index (χ2v) is 6.16. The predicted octanol–water partition coefficient (Wildman–Crippen LogP) is 1.73. The third kappa shape index (κ3) is 3.27. The van der Waals surface area contributed by atoms with Crippen LogP contribution in [-0.2, 0) is 0 Å².